The lowest BCUT2D eigenvalue weighted by Gasteiger charge is -2.25. The third-order valence-electron chi connectivity index (χ3n) is 4.40. The van der Waals surface area contributed by atoms with Gasteiger partial charge in [0.2, 0.25) is 0 Å². The molecule has 0 saturated heterocycles. The fourth-order valence-corrected chi connectivity index (χ4v) is 5.08. The molecule has 158 valence electrons. The monoisotopic (exact) mass is 450 g/mol. The van der Waals surface area contributed by atoms with Crippen LogP contribution < -0.4 is 4.74 Å². The summed E-state index contributed by atoms with van der Waals surface area (Å²) in [6, 6.07) is 24.8. The SMILES string of the molecule is Cc1ccc([S+](c2ccccc2)c2ccc(OCC(F)(CF)S(=O)(=O)[O-])cc2)cc1. The third-order valence-corrected chi connectivity index (χ3v) is 7.75. The molecular weight excluding hydrogens is 430 g/mol. The van der Waals surface area contributed by atoms with Gasteiger partial charge in [0.15, 0.2) is 14.7 Å². The first-order valence-electron chi connectivity index (χ1n) is 9.03. The standard InChI is InChI=1S/C22H20F2O4S2/c1-17-7-11-20(12-8-17)29(19-5-3-2-4-6-19)21-13-9-18(10-14-21)28-16-22(24,15-23)30(25,26)27/h2-14H,15-16H2,1H3. The van der Waals surface area contributed by atoms with Gasteiger partial charge in [-0.15, -0.1) is 0 Å². The van der Waals surface area contributed by atoms with Crippen molar-refractivity contribution in [3.05, 3.63) is 84.4 Å². The van der Waals surface area contributed by atoms with E-state index in [4.69, 9.17) is 4.74 Å². The Kier molecular flexibility index (Phi) is 6.80. The fraction of sp³-hybridized carbons (Fsp3) is 0.182. The van der Waals surface area contributed by atoms with Crippen molar-refractivity contribution in [3.8, 4) is 5.75 Å². The zero-order valence-electron chi connectivity index (χ0n) is 16.1. The molecule has 0 aromatic heterocycles. The lowest BCUT2D eigenvalue weighted by Crippen LogP contribution is -2.42. The van der Waals surface area contributed by atoms with Crippen LogP contribution in [0.5, 0.6) is 5.75 Å². The van der Waals surface area contributed by atoms with Gasteiger partial charge in [0.1, 0.15) is 29.1 Å². The zero-order valence-corrected chi connectivity index (χ0v) is 17.8. The van der Waals surface area contributed by atoms with Crippen LogP contribution in [0.25, 0.3) is 0 Å². The van der Waals surface area contributed by atoms with Gasteiger partial charge in [0, 0.05) is 0 Å². The van der Waals surface area contributed by atoms with Crippen molar-refractivity contribution in [1.82, 2.24) is 0 Å². The van der Waals surface area contributed by atoms with Crippen LogP contribution in [0.15, 0.2) is 93.5 Å². The second kappa shape index (κ2) is 9.16. The number of hydrogen-bond donors (Lipinski definition) is 0. The predicted octanol–water partition coefficient (Wildman–Crippen LogP) is 4.65. The lowest BCUT2D eigenvalue weighted by atomic mass is 10.2. The Labute approximate surface area is 177 Å². The molecule has 0 saturated carbocycles. The molecule has 0 aliphatic carbocycles. The summed E-state index contributed by atoms with van der Waals surface area (Å²) in [6.07, 6.45) is 0. The smallest absolute Gasteiger partial charge is 0.260 e. The molecule has 3 aromatic rings. The summed E-state index contributed by atoms with van der Waals surface area (Å²) in [5.74, 6) is 0.137. The Morgan fingerprint density at radius 3 is 1.90 bits per heavy atom. The topological polar surface area (TPSA) is 66.4 Å². The zero-order chi connectivity index (χ0) is 21.8. The number of aryl methyl sites for hydroxylation is 1. The highest BCUT2D eigenvalue weighted by molar-refractivity contribution is 7.97. The van der Waals surface area contributed by atoms with Crippen LogP contribution in [0, 0.1) is 6.92 Å². The molecule has 0 N–H and O–H groups in total. The largest absolute Gasteiger partial charge is 0.745 e. The Hall–Kier alpha value is -2.42. The summed E-state index contributed by atoms with van der Waals surface area (Å²) in [6.45, 7) is -1.17. The van der Waals surface area contributed by atoms with Crippen molar-refractivity contribution >= 4 is 21.0 Å². The van der Waals surface area contributed by atoms with E-state index in [0.29, 0.717) is 0 Å². The molecule has 2 atom stereocenters. The summed E-state index contributed by atoms with van der Waals surface area (Å²) in [5.41, 5.74) is 1.15. The van der Waals surface area contributed by atoms with Crippen molar-refractivity contribution in [3.63, 3.8) is 0 Å². The molecule has 0 bridgehead atoms. The van der Waals surface area contributed by atoms with E-state index >= 15 is 0 Å². The molecule has 0 heterocycles. The molecule has 0 fully saturated rings. The van der Waals surface area contributed by atoms with Crippen LogP contribution >= 0.6 is 0 Å². The third kappa shape index (κ3) is 5.00. The van der Waals surface area contributed by atoms with E-state index in [1.54, 1.807) is 24.3 Å². The molecule has 30 heavy (non-hydrogen) atoms. The van der Waals surface area contributed by atoms with Crippen LogP contribution in [-0.2, 0) is 21.0 Å². The number of benzene rings is 3. The molecule has 3 rings (SSSR count). The molecule has 0 radical (unpaired) electrons. The first kappa shape index (κ1) is 22.3. The van der Waals surface area contributed by atoms with E-state index in [2.05, 4.69) is 12.1 Å². The molecule has 0 aliphatic rings. The van der Waals surface area contributed by atoms with Crippen molar-refractivity contribution in [2.45, 2.75) is 26.6 Å². The first-order valence-corrected chi connectivity index (χ1v) is 11.7. The molecule has 2 unspecified atom stereocenters. The van der Waals surface area contributed by atoms with Crippen molar-refractivity contribution in [2.75, 3.05) is 13.3 Å². The molecule has 0 aliphatic heterocycles. The summed E-state index contributed by atoms with van der Waals surface area (Å²) in [5, 5.41) is -3.61. The fourth-order valence-electron chi connectivity index (χ4n) is 2.68. The van der Waals surface area contributed by atoms with Crippen LogP contribution in [0.2, 0.25) is 0 Å². The Morgan fingerprint density at radius 2 is 1.40 bits per heavy atom. The van der Waals surface area contributed by atoms with Gasteiger partial charge in [-0.2, -0.15) is 0 Å². The molecule has 0 amide bonds. The highest BCUT2D eigenvalue weighted by Crippen LogP contribution is 2.32. The highest BCUT2D eigenvalue weighted by atomic mass is 32.2. The van der Waals surface area contributed by atoms with E-state index in [1.807, 2.05) is 49.4 Å². The summed E-state index contributed by atoms with van der Waals surface area (Å²) in [4.78, 5) is 3.18. The van der Waals surface area contributed by atoms with Gasteiger partial charge in [0.25, 0.3) is 5.00 Å². The van der Waals surface area contributed by atoms with Gasteiger partial charge in [-0.25, -0.2) is 17.2 Å². The van der Waals surface area contributed by atoms with Gasteiger partial charge in [-0.1, -0.05) is 35.9 Å². The second-order valence-corrected chi connectivity index (χ2v) is 10.3. The Morgan fingerprint density at radius 1 is 0.900 bits per heavy atom. The summed E-state index contributed by atoms with van der Waals surface area (Å²) < 4.78 is 64.6. The number of halogens is 2. The molecule has 0 spiro atoms. The van der Waals surface area contributed by atoms with Crippen LogP contribution in [0.1, 0.15) is 5.56 Å². The van der Waals surface area contributed by atoms with Gasteiger partial charge in [-0.05, 0) is 55.5 Å². The average molecular weight is 451 g/mol. The highest BCUT2D eigenvalue weighted by Gasteiger charge is 2.39. The normalized spacial score (nSPS) is 14.7. The van der Waals surface area contributed by atoms with Crippen LogP contribution in [-0.4, -0.2) is 31.3 Å². The number of hydrogen-bond acceptors (Lipinski definition) is 4. The quantitative estimate of drug-likeness (QED) is 0.370. The van der Waals surface area contributed by atoms with Crippen molar-refractivity contribution < 1.29 is 26.5 Å². The maximum absolute atomic E-state index is 14.0. The summed E-state index contributed by atoms with van der Waals surface area (Å²) >= 11 is 0. The molecule has 4 nitrogen and oxygen atoms in total. The Bertz CT molecular complexity index is 1070. The van der Waals surface area contributed by atoms with Gasteiger partial charge in [-0.3, -0.25) is 0 Å². The predicted molar refractivity (Wildman–Crippen MR) is 111 cm³/mol. The average Bonchev–Trinajstić information content (AvgIpc) is 2.74. The number of alkyl halides is 2. The van der Waals surface area contributed by atoms with Gasteiger partial charge < -0.3 is 9.29 Å². The van der Waals surface area contributed by atoms with Gasteiger partial charge >= 0.3 is 0 Å². The molecule has 8 heteroatoms. The van der Waals surface area contributed by atoms with Crippen molar-refractivity contribution in [2.24, 2.45) is 0 Å². The van der Waals surface area contributed by atoms with E-state index < -0.39 is 39.3 Å². The second-order valence-electron chi connectivity index (χ2n) is 6.66. The lowest BCUT2D eigenvalue weighted by molar-refractivity contribution is 0.117. The number of rotatable bonds is 8. The minimum absolute atomic E-state index is 0.137. The summed E-state index contributed by atoms with van der Waals surface area (Å²) in [7, 11) is -5.90. The maximum Gasteiger partial charge on any atom is 0.260 e. The van der Waals surface area contributed by atoms with Crippen LogP contribution in [0.3, 0.4) is 0 Å². The van der Waals surface area contributed by atoms with Gasteiger partial charge in [0.05, 0.1) is 10.9 Å². The minimum atomic E-state index is -5.50. The minimum Gasteiger partial charge on any atom is -0.745 e. The molecule has 3 aromatic carbocycles. The maximum atomic E-state index is 14.0. The van der Waals surface area contributed by atoms with E-state index in [0.717, 1.165) is 20.2 Å². The Balaban J connectivity index is 1.87. The van der Waals surface area contributed by atoms with E-state index in [9.17, 15) is 21.8 Å². The van der Waals surface area contributed by atoms with E-state index in [1.165, 1.54) is 0 Å². The molecular formula is C22H20F2O4S2. The van der Waals surface area contributed by atoms with E-state index in [-0.39, 0.29) is 5.75 Å². The van der Waals surface area contributed by atoms with Crippen molar-refractivity contribution in [1.29, 1.82) is 0 Å². The number of ether oxygens (including phenoxy) is 1. The van der Waals surface area contributed by atoms with Crippen LogP contribution in [0.4, 0.5) is 8.78 Å². The first-order chi connectivity index (χ1) is 14.2.